The van der Waals surface area contributed by atoms with Gasteiger partial charge in [-0.2, -0.15) is 0 Å². The van der Waals surface area contributed by atoms with Crippen LogP contribution in [0.15, 0.2) is 51.8 Å². The maximum Gasteiger partial charge on any atom is 0.0287 e. The fourth-order valence-corrected chi connectivity index (χ4v) is 2.43. The Morgan fingerprint density at radius 2 is 1.70 bits per heavy atom. The van der Waals surface area contributed by atoms with Gasteiger partial charge >= 0.3 is 0 Å². The lowest BCUT2D eigenvalue weighted by molar-refractivity contribution is 0.504. The number of likely N-dealkylation sites (N-methyl/N-ethyl adjacent to an activating group) is 1. The summed E-state index contributed by atoms with van der Waals surface area (Å²) in [6.07, 6.45) is 9.63. The average Bonchev–Trinajstić information content (AvgIpc) is 2.42. The van der Waals surface area contributed by atoms with Gasteiger partial charge in [0.15, 0.2) is 0 Å². The Bertz CT molecular complexity index is 471. The van der Waals surface area contributed by atoms with E-state index in [1.807, 2.05) is 18.5 Å². The molecule has 0 aliphatic carbocycles. The second-order valence-corrected chi connectivity index (χ2v) is 8.39. The van der Waals surface area contributed by atoms with Crippen LogP contribution >= 0.6 is 11.9 Å². The van der Waals surface area contributed by atoms with Crippen LogP contribution in [0.5, 0.6) is 0 Å². The van der Waals surface area contributed by atoms with Crippen molar-refractivity contribution in [3.05, 3.63) is 47.4 Å². The van der Waals surface area contributed by atoms with E-state index in [1.165, 1.54) is 23.1 Å². The van der Waals surface area contributed by atoms with Gasteiger partial charge in [0, 0.05) is 18.0 Å². The highest BCUT2D eigenvalue weighted by Crippen LogP contribution is 2.29. The Morgan fingerprint density at radius 3 is 2.09 bits per heavy atom. The van der Waals surface area contributed by atoms with Gasteiger partial charge in [-0.05, 0) is 47.6 Å². The summed E-state index contributed by atoms with van der Waals surface area (Å²) in [5.74, 6) is 0. The molecule has 0 aromatic heterocycles. The molecule has 23 heavy (non-hydrogen) atoms. The smallest absolute Gasteiger partial charge is 0.0287 e. The molecule has 0 saturated heterocycles. The van der Waals surface area contributed by atoms with Gasteiger partial charge in [-0.25, -0.2) is 4.40 Å². The van der Waals surface area contributed by atoms with E-state index in [9.17, 15) is 0 Å². The first kappa shape index (κ1) is 21.9. The summed E-state index contributed by atoms with van der Waals surface area (Å²) in [6, 6.07) is 0.290. The Kier molecular flexibility index (Phi) is 9.48. The second-order valence-electron chi connectivity index (χ2n) is 7.65. The molecule has 1 atom stereocenters. The molecule has 1 N–H and O–H groups in total. The van der Waals surface area contributed by atoms with E-state index in [1.54, 1.807) is 0 Å². The lowest BCUT2D eigenvalue weighted by atomic mass is 9.83. The SMILES string of the molecule is C=C/C(=C\C(C/C=C(\C=C\SN=C)C(C)(C)C)NC)C(C)(C)C. The van der Waals surface area contributed by atoms with Crippen LogP contribution in [0.3, 0.4) is 0 Å². The summed E-state index contributed by atoms with van der Waals surface area (Å²) in [5.41, 5.74) is 2.79. The zero-order valence-corrected chi connectivity index (χ0v) is 16.8. The van der Waals surface area contributed by atoms with Gasteiger partial charge in [0.05, 0.1) is 0 Å². The Labute approximate surface area is 148 Å². The van der Waals surface area contributed by atoms with Crippen molar-refractivity contribution in [3.63, 3.8) is 0 Å². The van der Waals surface area contributed by atoms with Gasteiger partial charge in [-0.3, -0.25) is 0 Å². The van der Waals surface area contributed by atoms with Crippen molar-refractivity contribution in [1.82, 2.24) is 5.32 Å². The van der Waals surface area contributed by atoms with E-state index in [0.717, 1.165) is 6.42 Å². The summed E-state index contributed by atoms with van der Waals surface area (Å²) in [7, 11) is 2.00. The van der Waals surface area contributed by atoms with Gasteiger partial charge in [0.25, 0.3) is 0 Å². The topological polar surface area (TPSA) is 24.4 Å². The van der Waals surface area contributed by atoms with E-state index in [2.05, 4.69) is 82.8 Å². The molecule has 0 amide bonds. The van der Waals surface area contributed by atoms with Crippen molar-refractivity contribution >= 4 is 18.7 Å². The third-order valence-electron chi connectivity index (χ3n) is 3.68. The molecule has 0 heterocycles. The molecule has 130 valence electrons. The zero-order chi connectivity index (χ0) is 18.1. The first-order valence-corrected chi connectivity index (χ1v) is 8.91. The number of nitrogens with zero attached hydrogens (tertiary/aromatic N) is 1. The van der Waals surface area contributed by atoms with Gasteiger partial charge in [-0.1, -0.05) is 72.4 Å². The molecular weight excluding hydrogens is 300 g/mol. The molecule has 0 radical (unpaired) electrons. The van der Waals surface area contributed by atoms with Crippen LogP contribution in [0.1, 0.15) is 48.0 Å². The highest BCUT2D eigenvalue weighted by molar-refractivity contribution is 8.00. The molecule has 2 nitrogen and oxygen atoms in total. The highest BCUT2D eigenvalue weighted by atomic mass is 32.2. The lowest BCUT2D eigenvalue weighted by Crippen LogP contribution is -2.24. The Morgan fingerprint density at radius 1 is 1.13 bits per heavy atom. The van der Waals surface area contributed by atoms with Crippen LogP contribution < -0.4 is 5.32 Å². The minimum Gasteiger partial charge on any atom is -0.313 e. The second kappa shape index (κ2) is 9.94. The first-order chi connectivity index (χ1) is 10.6. The molecule has 0 saturated carbocycles. The van der Waals surface area contributed by atoms with Gasteiger partial charge in [-0.15, -0.1) is 0 Å². The van der Waals surface area contributed by atoms with Crippen molar-refractivity contribution in [2.45, 2.75) is 54.0 Å². The van der Waals surface area contributed by atoms with Crippen LogP contribution in [-0.4, -0.2) is 19.8 Å². The molecule has 0 aliphatic heterocycles. The monoisotopic (exact) mass is 334 g/mol. The van der Waals surface area contributed by atoms with E-state index in [-0.39, 0.29) is 16.9 Å². The Balaban J connectivity index is 5.32. The summed E-state index contributed by atoms with van der Waals surface area (Å²) in [6.45, 7) is 20.8. The van der Waals surface area contributed by atoms with Gasteiger partial charge < -0.3 is 5.32 Å². The molecule has 0 fully saturated rings. The number of hydrogen-bond donors (Lipinski definition) is 1. The molecule has 0 aliphatic rings. The molecular formula is C20H34N2S. The number of allylic oxidation sites excluding steroid dienone is 4. The predicted octanol–water partition coefficient (Wildman–Crippen LogP) is 5.96. The van der Waals surface area contributed by atoms with Crippen LogP contribution in [0, 0.1) is 10.8 Å². The summed E-state index contributed by atoms with van der Waals surface area (Å²) in [4.78, 5) is 0. The van der Waals surface area contributed by atoms with Crippen LogP contribution in [0.4, 0.5) is 0 Å². The fraction of sp³-hybridized carbons (Fsp3) is 0.550. The molecule has 0 spiro atoms. The van der Waals surface area contributed by atoms with Gasteiger partial charge in [0.1, 0.15) is 0 Å². The highest BCUT2D eigenvalue weighted by Gasteiger charge is 2.17. The maximum absolute atomic E-state index is 3.96. The quantitative estimate of drug-likeness (QED) is 0.336. The molecule has 0 bridgehead atoms. The minimum absolute atomic E-state index is 0.103. The van der Waals surface area contributed by atoms with Crippen LogP contribution in [0.2, 0.25) is 0 Å². The molecule has 1 unspecified atom stereocenters. The summed E-state index contributed by atoms with van der Waals surface area (Å²) >= 11 is 1.36. The van der Waals surface area contributed by atoms with Crippen molar-refractivity contribution in [3.8, 4) is 0 Å². The van der Waals surface area contributed by atoms with Gasteiger partial charge in [0.2, 0.25) is 0 Å². The predicted molar refractivity (Wildman–Crippen MR) is 109 cm³/mol. The maximum atomic E-state index is 3.96. The minimum atomic E-state index is 0.103. The third-order valence-corrected chi connectivity index (χ3v) is 4.09. The van der Waals surface area contributed by atoms with Crippen molar-refractivity contribution in [2.75, 3.05) is 7.05 Å². The summed E-state index contributed by atoms with van der Waals surface area (Å²) in [5, 5.41) is 5.37. The first-order valence-electron chi connectivity index (χ1n) is 8.07. The molecule has 0 aromatic rings. The zero-order valence-electron chi connectivity index (χ0n) is 15.9. The van der Waals surface area contributed by atoms with Crippen molar-refractivity contribution in [2.24, 2.45) is 15.2 Å². The molecule has 3 heteroatoms. The van der Waals surface area contributed by atoms with Crippen molar-refractivity contribution in [1.29, 1.82) is 0 Å². The number of rotatable bonds is 8. The van der Waals surface area contributed by atoms with E-state index >= 15 is 0 Å². The standard InChI is InChI=1S/C20H34N2S/c1-10-16(19(2,3)4)15-18(21-8)12-11-17(20(5,6)7)13-14-23-22-9/h10-11,13-15,18,21H,1,9,12H2,2-8H3/b14-13+,16-15+,17-11+. The van der Waals surface area contributed by atoms with E-state index in [4.69, 9.17) is 0 Å². The normalized spacial score (nSPS) is 15.8. The number of hydrogen-bond acceptors (Lipinski definition) is 3. The lowest BCUT2D eigenvalue weighted by Gasteiger charge is -2.24. The number of nitrogens with one attached hydrogen (secondary N) is 1. The summed E-state index contributed by atoms with van der Waals surface area (Å²) < 4.78 is 3.80. The van der Waals surface area contributed by atoms with E-state index < -0.39 is 0 Å². The van der Waals surface area contributed by atoms with Crippen molar-refractivity contribution < 1.29 is 0 Å². The van der Waals surface area contributed by atoms with E-state index in [0.29, 0.717) is 0 Å². The van der Waals surface area contributed by atoms with Crippen LogP contribution in [0.25, 0.3) is 0 Å². The Hall–Kier alpha value is -1.06. The largest absolute Gasteiger partial charge is 0.313 e. The third kappa shape index (κ3) is 8.97. The molecule has 0 aromatic carbocycles. The fourth-order valence-electron chi connectivity index (χ4n) is 2.14. The van der Waals surface area contributed by atoms with Crippen LogP contribution in [-0.2, 0) is 0 Å². The molecule has 0 rings (SSSR count). The average molecular weight is 335 g/mol.